The van der Waals surface area contributed by atoms with Crippen molar-refractivity contribution in [3.8, 4) is 10.4 Å². The van der Waals surface area contributed by atoms with E-state index in [4.69, 9.17) is 0 Å². The van der Waals surface area contributed by atoms with Crippen LogP contribution in [-0.2, 0) is 13.2 Å². The Bertz CT molecular complexity index is 1590. The normalized spacial score (nSPS) is 16.7. The number of halogens is 4. The number of rotatable bonds is 3. The topological polar surface area (TPSA) is 80.0 Å². The van der Waals surface area contributed by atoms with Gasteiger partial charge in [-0.3, -0.25) is 19.7 Å². The number of nitrogens with two attached hydrogens (primary N) is 1. The number of fused-ring (bicyclic) bond motifs is 2. The molecule has 2 N–H and O–H groups in total. The van der Waals surface area contributed by atoms with E-state index in [0.29, 0.717) is 39.7 Å². The SMILES string of the molecule is Cc1nn(C)c2c1C(c1ccc(-c3cnc(C(F)(F)F)s3)cc1F)N(c1ccc3c(c1)N=C[NH2+]3)C2=O. The van der Waals surface area contributed by atoms with Gasteiger partial charge in [0, 0.05) is 36.1 Å². The Morgan fingerprint density at radius 3 is 2.67 bits per heavy atom. The van der Waals surface area contributed by atoms with Crippen molar-refractivity contribution in [3.63, 3.8) is 0 Å². The van der Waals surface area contributed by atoms with Crippen molar-refractivity contribution in [2.24, 2.45) is 12.0 Å². The Hall–Kier alpha value is -3.90. The molecule has 0 spiro atoms. The monoisotopic (exact) mass is 513 g/mol. The maximum atomic E-state index is 15.7. The van der Waals surface area contributed by atoms with Gasteiger partial charge < -0.3 is 0 Å². The summed E-state index contributed by atoms with van der Waals surface area (Å²) in [7, 11) is 1.66. The van der Waals surface area contributed by atoms with Crippen LogP contribution < -0.4 is 10.2 Å². The summed E-state index contributed by atoms with van der Waals surface area (Å²) in [4.78, 5) is 23.0. The number of aromatic nitrogens is 3. The molecular weight excluding hydrogens is 496 g/mol. The summed E-state index contributed by atoms with van der Waals surface area (Å²) in [5, 5.41) is 5.23. The van der Waals surface area contributed by atoms with Crippen LogP contribution >= 0.6 is 11.3 Å². The van der Waals surface area contributed by atoms with E-state index in [1.165, 1.54) is 21.7 Å². The molecule has 4 aromatic rings. The summed E-state index contributed by atoms with van der Waals surface area (Å²) in [6.07, 6.45) is -1.82. The first-order valence-electron chi connectivity index (χ1n) is 10.8. The van der Waals surface area contributed by atoms with Crippen LogP contribution in [0.15, 0.2) is 47.6 Å². The zero-order valence-corrected chi connectivity index (χ0v) is 19.7. The van der Waals surface area contributed by atoms with Gasteiger partial charge in [0.15, 0.2) is 17.0 Å². The second-order valence-electron chi connectivity index (χ2n) is 8.50. The third-order valence-electron chi connectivity index (χ3n) is 6.31. The minimum atomic E-state index is -4.57. The lowest BCUT2D eigenvalue weighted by atomic mass is 9.97. The maximum Gasteiger partial charge on any atom is 0.443 e. The molecule has 0 fully saturated rings. The van der Waals surface area contributed by atoms with Crippen LogP contribution in [0, 0.1) is 12.7 Å². The highest BCUT2D eigenvalue weighted by molar-refractivity contribution is 7.15. The molecule has 0 aliphatic carbocycles. The van der Waals surface area contributed by atoms with Crippen LogP contribution in [0.2, 0.25) is 0 Å². The van der Waals surface area contributed by atoms with Gasteiger partial charge in [-0.2, -0.15) is 23.3 Å². The van der Waals surface area contributed by atoms with Crippen LogP contribution in [-0.4, -0.2) is 27.0 Å². The van der Waals surface area contributed by atoms with E-state index in [2.05, 4.69) is 15.1 Å². The van der Waals surface area contributed by atoms with Crippen LogP contribution in [0.4, 0.5) is 34.6 Å². The van der Waals surface area contributed by atoms with E-state index in [9.17, 15) is 18.0 Å². The van der Waals surface area contributed by atoms with Gasteiger partial charge in [-0.1, -0.05) is 12.1 Å². The standard InChI is InChI=1S/C24H16F4N6OS/c1-11-19-20(14-5-3-12(7-15(14)25)18-9-29-23(36-18)24(26,27)28)34(22(35)21(19)33(2)32-11)13-4-6-16-17(8-13)31-10-30-16/h3-10,20H,1-2H3,(H,30,31)/p+1. The lowest BCUT2D eigenvalue weighted by molar-refractivity contribution is -0.427. The van der Waals surface area contributed by atoms with Crippen LogP contribution in [0.1, 0.15) is 38.4 Å². The molecule has 1 unspecified atom stereocenters. The Morgan fingerprint density at radius 1 is 1.14 bits per heavy atom. The van der Waals surface area contributed by atoms with Crippen molar-refractivity contribution < 1.29 is 27.7 Å². The number of quaternary nitrogens is 1. The Morgan fingerprint density at radius 2 is 1.94 bits per heavy atom. The van der Waals surface area contributed by atoms with Crippen molar-refractivity contribution in [3.05, 3.63) is 75.9 Å². The minimum Gasteiger partial charge on any atom is -0.295 e. The van der Waals surface area contributed by atoms with Gasteiger partial charge in [-0.25, -0.2) is 9.37 Å². The fraction of sp³-hybridized carbons (Fsp3) is 0.167. The van der Waals surface area contributed by atoms with E-state index in [-0.39, 0.29) is 21.9 Å². The Kier molecular flexibility index (Phi) is 4.89. The Balaban J connectivity index is 1.47. The summed E-state index contributed by atoms with van der Waals surface area (Å²) in [6.45, 7) is 1.76. The number of benzene rings is 2. The molecule has 7 nitrogen and oxygen atoms in total. The molecular formula is C24H17F4N6OS+. The highest BCUT2D eigenvalue weighted by Crippen LogP contribution is 2.46. The third-order valence-corrected chi connectivity index (χ3v) is 7.40. The van der Waals surface area contributed by atoms with Gasteiger partial charge >= 0.3 is 6.18 Å². The predicted octanol–water partition coefficient (Wildman–Crippen LogP) is 4.63. The van der Waals surface area contributed by atoms with E-state index in [0.717, 1.165) is 11.9 Å². The second-order valence-corrected chi connectivity index (χ2v) is 9.53. The first-order chi connectivity index (χ1) is 17.1. The molecule has 2 aliphatic heterocycles. The molecule has 2 aliphatic rings. The fourth-order valence-electron chi connectivity index (χ4n) is 4.75. The summed E-state index contributed by atoms with van der Waals surface area (Å²) < 4.78 is 56.1. The summed E-state index contributed by atoms with van der Waals surface area (Å²) >= 11 is 0.446. The zero-order chi connectivity index (χ0) is 25.4. The molecule has 0 saturated heterocycles. The van der Waals surface area contributed by atoms with Gasteiger partial charge in [0.25, 0.3) is 5.91 Å². The summed E-state index contributed by atoms with van der Waals surface area (Å²) in [6, 6.07) is 8.82. The Labute approximate surface area is 205 Å². The second kappa shape index (κ2) is 7.80. The molecule has 0 bridgehead atoms. The first-order valence-corrected chi connectivity index (χ1v) is 11.7. The summed E-state index contributed by atoms with van der Waals surface area (Å²) in [5.74, 6) is -0.981. The molecule has 12 heteroatoms. The number of amides is 1. The number of hydrogen-bond donors (Lipinski definition) is 1. The smallest absolute Gasteiger partial charge is 0.295 e. The van der Waals surface area contributed by atoms with E-state index in [1.54, 1.807) is 38.5 Å². The average molecular weight is 514 g/mol. The number of carbonyl (C=O) groups is 1. The van der Waals surface area contributed by atoms with Crippen molar-refractivity contribution in [1.29, 1.82) is 0 Å². The summed E-state index contributed by atoms with van der Waals surface area (Å²) in [5.41, 5.74) is 4.16. The van der Waals surface area contributed by atoms with Crippen molar-refractivity contribution in [2.75, 3.05) is 4.90 Å². The zero-order valence-electron chi connectivity index (χ0n) is 18.8. The first kappa shape index (κ1) is 22.6. The van der Waals surface area contributed by atoms with E-state index >= 15 is 4.39 Å². The molecule has 6 rings (SSSR count). The van der Waals surface area contributed by atoms with Crippen LogP contribution in [0.5, 0.6) is 0 Å². The number of nitrogens with zero attached hydrogens (tertiary/aromatic N) is 5. The molecule has 182 valence electrons. The molecule has 2 aromatic heterocycles. The highest BCUT2D eigenvalue weighted by Gasteiger charge is 2.44. The molecule has 0 saturated carbocycles. The number of aryl methyl sites for hydroxylation is 2. The van der Waals surface area contributed by atoms with Gasteiger partial charge in [0.1, 0.15) is 17.2 Å². The molecule has 2 aromatic carbocycles. The number of anilines is 1. The number of thiazole rings is 1. The van der Waals surface area contributed by atoms with Crippen molar-refractivity contribution in [2.45, 2.75) is 19.1 Å². The molecule has 0 radical (unpaired) electrons. The van der Waals surface area contributed by atoms with Crippen LogP contribution in [0.3, 0.4) is 0 Å². The fourth-order valence-corrected chi connectivity index (χ4v) is 5.53. The van der Waals surface area contributed by atoms with Gasteiger partial charge in [0.2, 0.25) is 0 Å². The largest absolute Gasteiger partial charge is 0.443 e. The van der Waals surface area contributed by atoms with Crippen molar-refractivity contribution in [1.82, 2.24) is 14.8 Å². The van der Waals surface area contributed by atoms with Crippen LogP contribution in [0.25, 0.3) is 10.4 Å². The average Bonchev–Trinajstić information content (AvgIpc) is 3.59. The van der Waals surface area contributed by atoms with Gasteiger partial charge in [-0.05, 0) is 30.7 Å². The highest BCUT2D eigenvalue weighted by atomic mass is 32.1. The van der Waals surface area contributed by atoms with E-state index < -0.39 is 23.0 Å². The number of aliphatic imine (C=N–C) groups is 1. The quantitative estimate of drug-likeness (QED) is 0.321. The lowest BCUT2D eigenvalue weighted by Gasteiger charge is -2.27. The van der Waals surface area contributed by atoms with Gasteiger partial charge in [-0.15, -0.1) is 11.3 Å². The maximum absolute atomic E-state index is 15.7. The molecule has 1 amide bonds. The van der Waals surface area contributed by atoms with Crippen molar-refractivity contribution >= 4 is 40.6 Å². The molecule has 1 atom stereocenters. The number of carbonyl (C=O) groups excluding carboxylic acids is 1. The number of alkyl halides is 3. The minimum absolute atomic E-state index is 0.193. The van der Waals surface area contributed by atoms with Gasteiger partial charge in [0.05, 0.1) is 16.6 Å². The predicted molar refractivity (Wildman–Crippen MR) is 125 cm³/mol. The molecule has 4 heterocycles. The third kappa shape index (κ3) is 3.36. The van der Waals surface area contributed by atoms with E-state index in [1.807, 2.05) is 11.4 Å². The molecule has 36 heavy (non-hydrogen) atoms. The lowest BCUT2D eigenvalue weighted by Crippen LogP contribution is -2.74. The number of hydrogen-bond acceptors (Lipinski definition) is 5.